The summed E-state index contributed by atoms with van der Waals surface area (Å²) in [5.74, 6) is 0.475. The van der Waals surface area contributed by atoms with E-state index in [1.54, 1.807) is 0 Å². The molecule has 74 valence electrons. The van der Waals surface area contributed by atoms with Crippen LogP contribution in [0.25, 0.3) is 0 Å². The van der Waals surface area contributed by atoms with Gasteiger partial charge >= 0.3 is 0 Å². The standard InChI is InChI=1S/C11H18OS/c1-10(9-12)5-2-3-6-11-7-4-8-13-11/h4,7-8,10,12H,2-3,5-6,9H2,1H3/t10-/m0/s1. The summed E-state index contributed by atoms with van der Waals surface area (Å²) in [6, 6.07) is 4.30. The summed E-state index contributed by atoms with van der Waals surface area (Å²) in [7, 11) is 0. The van der Waals surface area contributed by atoms with Crippen molar-refractivity contribution >= 4 is 11.3 Å². The van der Waals surface area contributed by atoms with Gasteiger partial charge in [-0.25, -0.2) is 0 Å². The van der Waals surface area contributed by atoms with Gasteiger partial charge in [-0.2, -0.15) is 0 Å². The van der Waals surface area contributed by atoms with E-state index in [1.165, 1.54) is 24.1 Å². The molecule has 2 heteroatoms. The molecule has 1 N–H and O–H groups in total. The molecular formula is C11H18OS. The fraction of sp³-hybridized carbons (Fsp3) is 0.636. The largest absolute Gasteiger partial charge is 0.396 e. The average Bonchev–Trinajstić information content (AvgIpc) is 2.64. The second kappa shape index (κ2) is 6.17. The number of hydrogen-bond acceptors (Lipinski definition) is 2. The quantitative estimate of drug-likeness (QED) is 0.696. The average molecular weight is 198 g/mol. The topological polar surface area (TPSA) is 20.2 Å². The first kappa shape index (κ1) is 10.7. The normalized spacial score (nSPS) is 13.1. The predicted molar refractivity (Wildman–Crippen MR) is 58.1 cm³/mol. The van der Waals surface area contributed by atoms with Crippen LogP contribution in [0, 0.1) is 5.92 Å². The molecule has 0 fully saturated rings. The number of thiophene rings is 1. The molecule has 0 unspecified atom stereocenters. The molecular weight excluding hydrogens is 180 g/mol. The summed E-state index contributed by atoms with van der Waals surface area (Å²) in [6.07, 6.45) is 4.85. The van der Waals surface area contributed by atoms with Gasteiger partial charge in [0.15, 0.2) is 0 Å². The van der Waals surface area contributed by atoms with Crippen LogP contribution in [0.3, 0.4) is 0 Å². The lowest BCUT2D eigenvalue weighted by molar-refractivity contribution is 0.227. The minimum absolute atomic E-state index is 0.332. The van der Waals surface area contributed by atoms with Crippen LogP contribution in [-0.4, -0.2) is 11.7 Å². The van der Waals surface area contributed by atoms with E-state index in [0.717, 1.165) is 6.42 Å². The van der Waals surface area contributed by atoms with Gasteiger partial charge < -0.3 is 5.11 Å². The zero-order chi connectivity index (χ0) is 9.52. The molecule has 1 atom stereocenters. The highest BCUT2D eigenvalue weighted by Gasteiger charge is 1.99. The van der Waals surface area contributed by atoms with Crippen LogP contribution in [0.2, 0.25) is 0 Å². The Bertz CT molecular complexity index is 206. The Morgan fingerprint density at radius 2 is 2.31 bits per heavy atom. The van der Waals surface area contributed by atoms with E-state index in [1.807, 2.05) is 11.3 Å². The van der Waals surface area contributed by atoms with Crippen molar-refractivity contribution in [1.29, 1.82) is 0 Å². The lowest BCUT2D eigenvalue weighted by atomic mass is 10.0. The molecule has 0 aromatic carbocycles. The first-order valence-electron chi connectivity index (χ1n) is 4.96. The van der Waals surface area contributed by atoms with Crippen molar-refractivity contribution in [2.45, 2.75) is 32.6 Å². The molecule has 13 heavy (non-hydrogen) atoms. The van der Waals surface area contributed by atoms with E-state index in [-0.39, 0.29) is 0 Å². The number of aliphatic hydroxyl groups is 1. The Hall–Kier alpha value is -0.340. The molecule has 0 aliphatic rings. The Morgan fingerprint density at radius 1 is 1.46 bits per heavy atom. The first-order valence-corrected chi connectivity index (χ1v) is 5.84. The van der Waals surface area contributed by atoms with Crippen molar-refractivity contribution in [2.24, 2.45) is 5.92 Å². The van der Waals surface area contributed by atoms with E-state index < -0.39 is 0 Å². The lowest BCUT2D eigenvalue weighted by Gasteiger charge is -2.05. The van der Waals surface area contributed by atoms with Crippen LogP contribution in [-0.2, 0) is 6.42 Å². The maximum atomic E-state index is 8.82. The minimum atomic E-state index is 0.332. The second-order valence-electron chi connectivity index (χ2n) is 3.61. The van der Waals surface area contributed by atoms with Crippen LogP contribution in [0.5, 0.6) is 0 Å². The van der Waals surface area contributed by atoms with Crippen molar-refractivity contribution in [3.05, 3.63) is 22.4 Å². The molecule has 0 saturated heterocycles. The highest BCUT2D eigenvalue weighted by atomic mass is 32.1. The third-order valence-corrected chi connectivity index (χ3v) is 3.20. The van der Waals surface area contributed by atoms with Gasteiger partial charge in [0.2, 0.25) is 0 Å². The van der Waals surface area contributed by atoms with E-state index in [4.69, 9.17) is 5.11 Å². The third-order valence-electron chi connectivity index (χ3n) is 2.26. The maximum absolute atomic E-state index is 8.82. The number of aliphatic hydroxyl groups excluding tert-OH is 1. The SMILES string of the molecule is C[C@H](CO)CCCCc1cccs1. The summed E-state index contributed by atoms with van der Waals surface area (Å²) in [5.41, 5.74) is 0. The van der Waals surface area contributed by atoms with Gasteiger partial charge in [0.1, 0.15) is 0 Å². The fourth-order valence-electron chi connectivity index (χ4n) is 1.34. The number of hydrogen-bond donors (Lipinski definition) is 1. The molecule has 1 nitrogen and oxygen atoms in total. The molecule has 0 aliphatic heterocycles. The fourth-order valence-corrected chi connectivity index (χ4v) is 2.09. The Labute approximate surface area is 84.4 Å². The molecule has 1 heterocycles. The van der Waals surface area contributed by atoms with Gasteiger partial charge in [-0.1, -0.05) is 19.4 Å². The molecule has 0 bridgehead atoms. The van der Waals surface area contributed by atoms with Crippen molar-refractivity contribution in [1.82, 2.24) is 0 Å². The smallest absolute Gasteiger partial charge is 0.0456 e. The van der Waals surface area contributed by atoms with Crippen LogP contribution in [0.4, 0.5) is 0 Å². The molecule has 0 spiro atoms. The van der Waals surface area contributed by atoms with E-state index in [0.29, 0.717) is 12.5 Å². The Morgan fingerprint density at radius 3 is 2.92 bits per heavy atom. The molecule has 0 radical (unpaired) electrons. The van der Waals surface area contributed by atoms with E-state index >= 15 is 0 Å². The molecule has 1 aromatic heterocycles. The summed E-state index contributed by atoms with van der Waals surface area (Å²) < 4.78 is 0. The maximum Gasteiger partial charge on any atom is 0.0456 e. The van der Waals surface area contributed by atoms with Gasteiger partial charge in [0.05, 0.1) is 0 Å². The van der Waals surface area contributed by atoms with Crippen molar-refractivity contribution in [3.8, 4) is 0 Å². The van der Waals surface area contributed by atoms with Crippen LogP contribution >= 0.6 is 11.3 Å². The van der Waals surface area contributed by atoms with Crippen LogP contribution in [0.1, 0.15) is 31.1 Å². The zero-order valence-electron chi connectivity index (χ0n) is 8.20. The van der Waals surface area contributed by atoms with Crippen molar-refractivity contribution < 1.29 is 5.11 Å². The Kier molecular flexibility index (Phi) is 5.09. The number of unbranched alkanes of at least 4 members (excludes halogenated alkanes) is 1. The summed E-state index contributed by atoms with van der Waals surface area (Å²) in [6.45, 7) is 2.43. The van der Waals surface area contributed by atoms with E-state index in [9.17, 15) is 0 Å². The van der Waals surface area contributed by atoms with Crippen molar-refractivity contribution in [3.63, 3.8) is 0 Å². The number of rotatable bonds is 6. The molecule has 0 amide bonds. The van der Waals surface area contributed by atoms with Crippen LogP contribution in [0.15, 0.2) is 17.5 Å². The minimum Gasteiger partial charge on any atom is -0.396 e. The van der Waals surface area contributed by atoms with Gasteiger partial charge in [-0.05, 0) is 36.6 Å². The molecule has 0 aliphatic carbocycles. The third kappa shape index (κ3) is 4.44. The molecule has 1 rings (SSSR count). The number of aryl methyl sites for hydroxylation is 1. The summed E-state index contributed by atoms with van der Waals surface area (Å²) >= 11 is 1.84. The van der Waals surface area contributed by atoms with Crippen LogP contribution < -0.4 is 0 Å². The predicted octanol–water partition coefficient (Wildman–Crippen LogP) is 3.09. The van der Waals surface area contributed by atoms with Gasteiger partial charge in [0.25, 0.3) is 0 Å². The zero-order valence-corrected chi connectivity index (χ0v) is 9.02. The highest BCUT2D eigenvalue weighted by molar-refractivity contribution is 7.09. The highest BCUT2D eigenvalue weighted by Crippen LogP contribution is 2.14. The summed E-state index contributed by atoms with van der Waals surface area (Å²) in [4.78, 5) is 1.48. The van der Waals surface area contributed by atoms with Gasteiger partial charge in [-0.15, -0.1) is 11.3 Å². The molecule has 0 saturated carbocycles. The second-order valence-corrected chi connectivity index (χ2v) is 4.65. The van der Waals surface area contributed by atoms with E-state index in [2.05, 4.69) is 24.4 Å². The molecule has 1 aromatic rings. The monoisotopic (exact) mass is 198 g/mol. The van der Waals surface area contributed by atoms with Gasteiger partial charge in [0, 0.05) is 11.5 Å². The summed E-state index contributed by atoms with van der Waals surface area (Å²) in [5, 5.41) is 11.0. The Balaban J connectivity index is 2.02. The van der Waals surface area contributed by atoms with Crippen molar-refractivity contribution in [2.75, 3.05) is 6.61 Å². The lowest BCUT2D eigenvalue weighted by Crippen LogP contribution is -2.00. The van der Waals surface area contributed by atoms with Gasteiger partial charge in [-0.3, -0.25) is 0 Å². The first-order chi connectivity index (χ1) is 6.33.